The molecule has 6 heteroatoms. The van der Waals surface area contributed by atoms with Crippen molar-refractivity contribution in [2.45, 2.75) is 0 Å². The third-order valence-electron chi connectivity index (χ3n) is 1.96. The molecule has 0 saturated heterocycles. The second kappa shape index (κ2) is 5.01. The van der Waals surface area contributed by atoms with Crippen LogP contribution in [-0.2, 0) is 0 Å². The Labute approximate surface area is 105 Å². The molecule has 0 fully saturated rings. The van der Waals surface area contributed by atoms with Crippen molar-refractivity contribution in [3.8, 4) is 0 Å². The van der Waals surface area contributed by atoms with Crippen LogP contribution < -0.4 is 5.32 Å². The highest BCUT2D eigenvalue weighted by Crippen LogP contribution is 2.15. The lowest BCUT2D eigenvalue weighted by atomic mass is 10.3. The van der Waals surface area contributed by atoms with E-state index in [9.17, 15) is 9.18 Å². The van der Waals surface area contributed by atoms with Gasteiger partial charge >= 0.3 is 0 Å². The van der Waals surface area contributed by atoms with Crippen molar-refractivity contribution in [2.75, 3.05) is 5.32 Å². The number of aromatic nitrogens is 2. The van der Waals surface area contributed by atoms with E-state index in [-0.39, 0.29) is 11.6 Å². The summed E-state index contributed by atoms with van der Waals surface area (Å²) in [6.45, 7) is 0. The summed E-state index contributed by atoms with van der Waals surface area (Å²) in [4.78, 5) is 19.2. The van der Waals surface area contributed by atoms with Crippen LogP contribution in [0.15, 0.2) is 41.1 Å². The van der Waals surface area contributed by atoms with Crippen LogP contribution >= 0.6 is 15.9 Å². The number of halogens is 2. The van der Waals surface area contributed by atoms with Gasteiger partial charge in [0.2, 0.25) is 5.95 Å². The van der Waals surface area contributed by atoms with Crippen molar-refractivity contribution >= 4 is 27.5 Å². The van der Waals surface area contributed by atoms with Gasteiger partial charge in [-0.25, -0.2) is 9.97 Å². The monoisotopic (exact) mass is 295 g/mol. The molecule has 17 heavy (non-hydrogen) atoms. The van der Waals surface area contributed by atoms with Crippen LogP contribution in [0.3, 0.4) is 0 Å². The highest BCUT2D eigenvalue weighted by atomic mass is 79.9. The SMILES string of the molecule is O=C(Nc1ccc(F)nc1)c1ncccc1Br. The predicted octanol–water partition coefficient (Wildman–Crippen LogP) is 2.63. The number of carbonyl (C=O) groups is 1. The molecule has 0 bridgehead atoms. The van der Waals surface area contributed by atoms with Crippen LogP contribution in [0.25, 0.3) is 0 Å². The van der Waals surface area contributed by atoms with Gasteiger partial charge < -0.3 is 5.32 Å². The van der Waals surface area contributed by atoms with E-state index in [1.54, 1.807) is 12.1 Å². The molecule has 0 aromatic carbocycles. The lowest BCUT2D eigenvalue weighted by Gasteiger charge is -2.05. The van der Waals surface area contributed by atoms with Crippen LogP contribution in [0.2, 0.25) is 0 Å². The minimum absolute atomic E-state index is 0.261. The molecule has 0 aliphatic carbocycles. The number of nitrogens with one attached hydrogen (secondary N) is 1. The quantitative estimate of drug-likeness (QED) is 0.867. The molecule has 2 heterocycles. The number of carbonyl (C=O) groups excluding carboxylic acids is 1. The maximum atomic E-state index is 12.6. The Kier molecular flexibility index (Phi) is 3.43. The highest BCUT2D eigenvalue weighted by Gasteiger charge is 2.11. The van der Waals surface area contributed by atoms with Gasteiger partial charge in [0.25, 0.3) is 5.91 Å². The van der Waals surface area contributed by atoms with Gasteiger partial charge in [0, 0.05) is 10.7 Å². The molecule has 4 nitrogen and oxygen atoms in total. The Morgan fingerprint density at radius 1 is 1.29 bits per heavy atom. The Hall–Kier alpha value is -1.82. The molecule has 0 spiro atoms. The first kappa shape index (κ1) is 11.7. The Bertz CT molecular complexity index is 545. The molecule has 86 valence electrons. The normalized spacial score (nSPS) is 10.0. The van der Waals surface area contributed by atoms with Crippen LogP contribution in [0, 0.1) is 5.95 Å². The molecule has 0 aliphatic rings. The van der Waals surface area contributed by atoms with Gasteiger partial charge in [-0.2, -0.15) is 4.39 Å². The van der Waals surface area contributed by atoms with Crippen molar-refractivity contribution in [3.05, 3.63) is 52.8 Å². The first-order chi connectivity index (χ1) is 8.16. The number of pyridine rings is 2. The van der Waals surface area contributed by atoms with Crippen LogP contribution in [-0.4, -0.2) is 15.9 Å². The molecular weight excluding hydrogens is 289 g/mol. The van der Waals surface area contributed by atoms with Gasteiger partial charge in [-0.05, 0) is 40.2 Å². The van der Waals surface area contributed by atoms with Gasteiger partial charge in [-0.1, -0.05) is 0 Å². The lowest BCUT2D eigenvalue weighted by molar-refractivity contribution is 0.102. The van der Waals surface area contributed by atoms with Crippen molar-refractivity contribution in [1.29, 1.82) is 0 Å². The number of hydrogen-bond donors (Lipinski definition) is 1. The van der Waals surface area contributed by atoms with E-state index in [1.807, 2.05) is 0 Å². The summed E-state index contributed by atoms with van der Waals surface area (Å²) in [7, 11) is 0. The van der Waals surface area contributed by atoms with E-state index in [1.165, 1.54) is 24.5 Å². The van der Waals surface area contributed by atoms with Crippen molar-refractivity contribution < 1.29 is 9.18 Å². The highest BCUT2D eigenvalue weighted by molar-refractivity contribution is 9.10. The third kappa shape index (κ3) is 2.85. The van der Waals surface area contributed by atoms with Crippen LogP contribution in [0.5, 0.6) is 0 Å². The van der Waals surface area contributed by atoms with Crippen LogP contribution in [0.1, 0.15) is 10.5 Å². The maximum absolute atomic E-state index is 12.6. The van der Waals surface area contributed by atoms with Crippen molar-refractivity contribution in [1.82, 2.24) is 9.97 Å². The molecule has 0 unspecified atom stereocenters. The average Bonchev–Trinajstić information content (AvgIpc) is 2.32. The minimum atomic E-state index is -0.595. The zero-order valence-corrected chi connectivity index (χ0v) is 10.1. The molecule has 0 aliphatic heterocycles. The number of amides is 1. The summed E-state index contributed by atoms with van der Waals surface area (Å²) in [5.74, 6) is -0.979. The summed E-state index contributed by atoms with van der Waals surface area (Å²) in [5.41, 5.74) is 0.672. The number of anilines is 1. The van der Waals surface area contributed by atoms with Crippen molar-refractivity contribution in [2.24, 2.45) is 0 Å². The standard InChI is InChI=1S/C11H7BrFN3O/c12-8-2-1-5-14-10(8)11(17)16-7-3-4-9(13)15-6-7/h1-6H,(H,16,17). The first-order valence-electron chi connectivity index (χ1n) is 4.70. The molecule has 0 radical (unpaired) electrons. The van der Waals surface area contributed by atoms with E-state index >= 15 is 0 Å². The Morgan fingerprint density at radius 3 is 2.76 bits per heavy atom. The lowest BCUT2D eigenvalue weighted by Crippen LogP contribution is -2.14. The van der Waals surface area contributed by atoms with Gasteiger partial charge in [-0.3, -0.25) is 4.79 Å². The average molecular weight is 296 g/mol. The molecule has 0 atom stereocenters. The van der Waals surface area contributed by atoms with Gasteiger partial charge in [0.1, 0.15) is 5.69 Å². The summed E-state index contributed by atoms with van der Waals surface area (Å²) in [6.07, 6.45) is 2.76. The molecule has 2 aromatic heterocycles. The fourth-order valence-electron chi connectivity index (χ4n) is 1.19. The van der Waals surface area contributed by atoms with E-state index in [0.717, 1.165) is 0 Å². The zero-order chi connectivity index (χ0) is 12.3. The van der Waals surface area contributed by atoms with E-state index in [0.29, 0.717) is 10.2 Å². The van der Waals surface area contributed by atoms with E-state index < -0.39 is 5.95 Å². The second-order valence-electron chi connectivity index (χ2n) is 3.16. The number of rotatable bonds is 2. The number of nitrogens with zero attached hydrogens (tertiary/aromatic N) is 2. The maximum Gasteiger partial charge on any atom is 0.275 e. The van der Waals surface area contributed by atoms with E-state index in [2.05, 4.69) is 31.2 Å². The second-order valence-corrected chi connectivity index (χ2v) is 4.01. The Balaban J connectivity index is 2.17. The van der Waals surface area contributed by atoms with Gasteiger partial charge in [0.05, 0.1) is 11.9 Å². The van der Waals surface area contributed by atoms with Crippen molar-refractivity contribution in [3.63, 3.8) is 0 Å². The van der Waals surface area contributed by atoms with Gasteiger partial charge in [-0.15, -0.1) is 0 Å². The number of hydrogen-bond acceptors (Lipinski definition) is 3. The molecule has 2 aromatic rings. The Morgan fingerprint density at radius 2 is 2.12 bits per heavy atom. The minimum Gasteiger partial charge on any atom is -0.319 e. The molecule has 0 saturated carbocycles. The fraction of sp³-hybridized carbons (Fsp3) is 0. The molecule has 2 rings (SSSR count). The predicted molar refractivity (Wildman–Crippen MR) is 64.1 cm³/mol. The smallest absolute Gasteiger partial charge is 0.275 e. The summed E-state index contributed by atoms with van der Waals surface area (Å²) in [6, 6.07) is 6.02. The molecular formula is C11H7BrFN3O. The first-order valence-corrected chi connectivity index (χ1v) is 5.49. The van der Waals surface area contributed by atoms with E-state index in [4.69, 9.17) is 0 Å². The fourth-order valence-corrected chi connectivity index (χ4v) is 1.63. The largest absolute Gasteiger partial charge is 0.319 e. The topological polar surface area (TPSA) is 54.9 Å². The third-order valence-corrected chi connectivity index (χ3v) is 2.60. The molecule has 1 amide bonds. The molecule has 1 N–H and O–H groups in total. The summed E-state index contributed by atoms with van der Waals surface area (Å²) in [5, 5.41) is 2.57. The summed E-state index contributed by atoms with van der Waals surface area (Å²) >= 11 is 3.22. The summed E-state index contributed by atoms with van der Waals surface area (Å²) < 4.78 is 13.2. The zero-order valence-electron chi connectivity index (χ0n) is 8.52. The van der Waals surface area contributed by atoms with Crippen LogP contribution in [0.4, 0.5) is 10.1 Å². The van der Waals surface area contributed by atoms with Gasteiger partial charge in [0.15, 0.2) is 0 Å².